The fourth-order valence-electron chi connectivity index (χ4n) is 11.5. The average molecular weight is 1070 g/mol. The Labute approximate surface area is 476 Å². The third kappa shape index (κ3) is 62.1. The summed E-state index contributed by atoms with van der Waals surface area (Å²) >= 11 is 0. The van der Waals surface area contributed by atoms with Crippen LogP contribution >= 0.6 is 0 Å². The Hall–Kier alpha value is -1.14. The molecule has 0 fully saturated rings. The zero-order valence-corrected chi connectivity index (χ0v) is 52.0. The average Bonchev–Trinajstić information content (AvgIpc) is 3.42. The monoisotopic (exact) mass is 1070 g/mol. The van der Waals surface area contributed by atoms with Crippen molar-refractivity contribution >= 4 is 11.9 Å². The van der Waals surface area contributed by atoms with Gasteiger partial charge in [0.2, 0.25) is 5.91 Å². The summed E-state index contributed by atoms with van der Waals surface area (Å²) in [5, 5.41) is 23.4. The topological polar surface area (TPSA) is 95.9 Å². The maximum Gasteiger partial charge on any atom is 0.305 e. The minimum absolute atomic E-state index is 0.0156. The van der Waals surface area contributed by atoms with Gasteiger partial charge in [0.05, 0.1) is 25.4 Å². The minimum Gasteiger partial charge on any atom is -0.466 e. The SMILES string of the molecule is CCCCCCCCCCCCCCCCCCCCCCCC(O)C(CO)NC(=O)CCCCCCCCCCCCCCCCCCCCCOC(=O)CCCCCCCCCCCCCCCCCCCCC. The molecule has 0 aromatic rings. The van der Waals surface area contributed by atoms with E-state index in [9.17, 15) is 19.8 Å². The standard InChI is InChI=1S/C70H139NO5/c1-3-5-7-9-11-13-15-17-19-21-23-24-27-30-34-38-42-46-50-54-58-62-68(73)67(66-72)71-69(74)63-59-55-51-47-43-39-35-31-28-25-29-33-37-41-45-49-53-57-61-65-76-70(75)64-60-56-52-48-44-40-36-32-26-22-20-18-16-14-12-10-8-6-4-2/h67-68,72-73H,3-66H2,1-2H3,(H,71,74). The van der Waals surface area contributed by atoms with Gasteiger partial charge in [-0.1, -0.05) is 373 Å². The van der Waals surface area contributed by atoms with E-state index in [-0.39, 0.29) is 18.5 Å². The van der Waals surface area contributed by atoms with E-state index in [4.69, 9.17) is 4.74 Å². The lowest BCUT2D eigenvalue weighted by Gasteiger charge is -2.22. The van der Waals surface area contributed by atoms with Crippen molar-refractivity contribution in [2.45, 2.75) is 424 Å². The van der Waals surface area contributed by atoms with E-state index in [1.807, 2.05) is 0 Å². The molecule has 0 aromatic heterocycles. The highest BCUT2D eigenvalue weighted by Crippen LogP contribution is 2.20. The van der Waals surface area contributed by atoms with Gasteiger partial charge >= 0.3 is 5.97 Å². The molecule has 454 valence electrons. The number of aliphatic hydroxyl groups excluding tert-OH is 2. The highest BCUT2D eigenvalue weighted by molar-refractivity contribution is 5.76. The number of hydrogen-bond donors (Lipinski definition) is 3. The molecule has 6 nitrogen and oxygen atoms in total. The Bertz CT molecular complexity index is 1100. The number of nitrogens with one attached hydrogen (secondary N) is 1. The van der Waals surface area contributed by atoms with Crippen molar-refractivity contribution in [1.82, 2.24) is 5.32 Å². The first-order valence-electron chi connectivity index (χ1n) is 35.3. The second-order valence-corrected chi connectivity index (χ2v) is 24.6. The number of esters is 1. The van der Waals surface area contributed by atoms with Crippen LogP contribution in [-0.2, 0) is 14.3 Å². The predicted octanol–water partition coefficient (Wildman–Crippen LogP) is 22.6. The number of hydrogen-bond acceptors (Lipinski definition) is 5. The van der Waals surface area contributed by atoms with E-state index in [0.717, 1.165) is 38.5 Å². The molecule has 3 N–H and O–H groups in total. The smallest absolute Gasteiger partial charge is 0.305 e. The highest BCUT2D eigenvalue weighted by Gasteiger charge is 2.20. The first-order valence-corrected chi connectivity index (χ1v) is 35.3. The van der Waals surface area contributed by atoms with Crippen molar-refractivity contribution < 1.29 is 24.5 Å². The van der Waals surface area contributed by atoms with Gasteiger partial charge in [-0.15, -0.1) is 0 Å². The Morgan fingerprint density at radius 1 is 0.316 bits per heavy atom. The zero-order chi connectivity index (χ0) is 55.0. The summed E-state index contributed by atoms with van der Waals surface area (Å²) in [6, 6.07) is -0.544. The molecule has 2 unspecified atom stereocenters. The van der Waals surface area contributed by atoms with Gasteiger partial charge < -0.3 is 20.3 Å². The summed E-state index contributed by atoms with van der Waals surface area (Å²) in [4.78, 5) is 24.7. The number of carbonyl (C=O) groups is 2. The van der Waals surface area contributed by atoms with Crippen LogP contribution in [0.1, 0.15) is 412 Å². The Morgan fingerprint density at radius 3 is 0.803 bits per heavy atom. The molecule has 0 saturated heterocycles. The molecular formula is C70H139NO5. The second kappa shape index (κ2) is 66.4. The zero-order valence-electron chi connectivity index (χ0n) is 52.0. The van der Waals surface area contributed by atoms with Crippen molar-refractivity contribution in [3.63, 3.8) is 0 Å². The van der Waals surface area contributed by atoms with Crippen molar-refractivity contribution in [3.8, 4) is 0 Å². The first kappa shape index (κ1) is 74.9. The number of unbranched alkanes of at least 4 members (excludes halogenated alkanes) is 56. The van der Waals surface area contributed by atoms with Crippen LogP contribution < -0.4 is 5.32 Å². The van der Waals surface area contributed by atoms with Gasteiger partial charge in [-0.2, -0.15) is 0 Å². The van der Waals surface area contributed by atoms with E-state index in [0.29, 0.717) is 25.9 Å². The van der Waals surface area contributed by atoms with Crippen LogP contribution in [-0.4, -0.2) is 47.4 Å². The van der Waals surface area contributed by atoms with Crippen molar-refractivity contribution in [1.29, 1.82) is 0 Å². The van der Waals surface area contributed by atoms with Gasteiger partial charge in [0.25, 0.3) is 0 Å². The summed E-state index contributed by atoms with van der Waals surface area (Å²) in [5.74, 6) is -0.0167. The Balaban J connectivity index is 3.37. The maximum atomic E-state index is 12.5. The molecule has 1 amide bonds. The molecule has 0 heterocycles. The van der Waals surface area contributed by atoms with Crippen molar-refractivity contribution in [2.24, 2.45) is 0 Å². The largest absolute Gasteiger partial charge is 0.466 e. The molecule has 0 rings (SSSR count). The third-order valence-corrected chi connectivity index (χ3v) is 16.9. The molecule has 0 bridgehead atoms. The number of aliphatic hydroxyl groups is 2. The van der Waals surface area contributed by atoms with Crippen molar-refractivity contribution in [2.75, 3.05) is 13.2 Å². The normalized spacial score (nSPS) is 12.4. The van der Waals surface area contributed by atoms with Crippen molar-refractivity contribution in [3.05, 3.63) is 0 Å². The number of amides is 1. The fourth-order valence-corrected chi connectivity index (χ4v) is 11.5. The molecule has 0 aliphatic carbocycles. The Morgan fingerprint density at radius 2 is 0.539 bits per heavy atom. The maximum absolute atomic E-state index is 12.5. The summed E-state index contributed by atoms with van der Waals surface area (Å²) in [7, 11) is 0. The molecule has 2 atom stereocenters. The Kier molecular flexibility index (Phi) is 65.4. The number of carbonyl (C=O) groups excluding carboxylic acids is 2. The number of rotatable bonds is 67. The fraction of sp³-hybridized carbons (Fsp3) is 0.971. The summed E-state index contributed by atoms with van der Waals surface area (Å²) in [6.45, 7) is 5.00. The predicted molar refractivity (Wildman–Crippen MR) is 334 cm³/mol. The quantitative estimate of drug-likeness (QED) is 0.0417. The molecule has 6 heteroatoms. The van der Waals surface area contributed by atoms with Crippen LogP contribution in [0.5, 0.6) is 0 Å². The number of ether oxygens (including phenoxy) is 1. The molecule has 0 radical (unpaired) electrons. The molecule has 0 aliphatic heterocycles. The van der Waals surface area contributed by atoms with Crippen LogP contribution in [0.15, 0.2) is 0 Å². The van der Waals surface area contributed by atoms with Gasteiger partial charge in [0, 0.05) is 12.8 Å². The van der Waals surface area contributed by atoms with Gasteiger partial charge in [-0.3, -0.25) is 9.59 Å². The lowest BCUT2D eigenvalue weighted by atomic mass is 10.0. The second-order valence-electron chi connectivity index (χ2n) is 24.6. The van der Waals surface area contributed by atoms with E-state index in [1.165, 1.54) is 340 Å². The van der Waals surface area contributed by atoms with Gasteiger partial charge in [-0.05, 0) is 25.7 Å². The van der Waals surface area contributed by atoms with Gasteiger partial charge in [0.15, 0.2) is 0 Å². The lowest BCUT2D eigenvalue weighted by Crippen LogP contribution is -2.45. The van der Waals surface area contributed by atoms with Crippen LogP contribution in [0.25, 0.3) is 0 Å². The summed E-state index contributed by atoms with van der Waals surface area (Å²) in [6.07, 6.45) is 80.0. The van der Waals surface area contributed by atoms with Crippen LogP contribution in [0.2, 0.25) is 0 Å². The summed E-state index contributed by atoms with van der Waals surface area (Å²) < 4.78 is 5.51. The van der Waals surface area contributed by atoms with Crippen LogP contribution in [0.3, 0.4) is 0 Å². The molecular weight excluding hydrogens is 935 g/mol. The highest BCUT2D eigenvalue weighted by atomic mass is 16.5. The molecule has 0 saturated carbocycles. The van der Waals surface area contributed by atoms with E-state index >= 15 is 0 Å². The van der Waals surface area contributed by atoms with Crippen LogP contribution in [0.4, 0.5) is 0 Å². The van der Waals surface area contributed by atoms with Gasteiger partial charge in [-0.25, -0.2) is 0 Å². The lowest BCUT2D eigenvalue weighted by molar-refractivity contribution is -0.143. The third-order valence-electron chi connectivity index (χ3n) is 16.9. The van der Waals surface area contributed by atoms with Gasteiger partial charge in [0.1, 0.15) is 0 Å². The summed E-state index contributed by atoms with van der Waals surface area (Å²) in [5.41, 5.74) is 0. The van der Waals surface area contributed by atoms with Crippen LogP contribution in [0, 0.1) is 0 Å². The molecule has 0 aromatic carbocycles. The molecule has 0 spiro atoms. The first-order chi connectivity index (χ1) is 37.5. The molecule has 0 aliphatic rings. The van der Waals surface area contributed by atoms with E-state index in [1.54, 1.807) is 0 Å². The van der Waals surface area contributed by atoms with E-state index < -0.39 is 12.1 Å². The van der Waals surface area contributed by atoms with E-state index in [2.05, 4.69) is 19.2 Å². The molecule has 76 heavy (non-hydrogen) atoms. The minimum atomic E-state index is -0.666.